The van der Waals surface area contributed by atoms with E-state index in [1.807, 2.05) is 49.7 Å². The number of hydrogen-bond donors (Lipinski definition) is 1. The number of halogens is 1. The molecule has 1 heterocycles. The van der Waals surface area contributed by atoms with Crippen molar-refractivity contribution in [2.75, 3.05) is 12.4 Å². The second-order valence-corrected chi connectivity index (χ2v) is 7.99. The fourth-order valence-corrected chi connectivity index (χ4v) is 3.75. The Bertz CT molecular complexity index is 1010. The maximum Gasteiger partial charge on any atom is 0.237 e. The molecule has 1 N–H and O–H groups in total. The van der Waals surface area contributed by atoms with Crippen LogP contribution >= 0.6 is 23.4 Å². The van der Waals surface area contributed by atoms with Crippen molar-refractivity contribution in [3.05, 3.63) is 53.1 Å². The van der Waals surface area contributed by atoms with Crippen LogP contribution in [0.3, 0.4) is 0 Å². The van der Waals surface area contributed by atoms with Crippen molar-refractivity contribution in [1.29, 1.82) is 0 Å². The zero-order valence-electron chi connectivity index (χ0n) is 16.1. The molecule has 1 atom stereocenters. The highest BCUT2D eigenvalue weighted by atomic mass is 35.5. The van der Waals surface area contributed by atoms with Crippen LogP contribution in [0.4, 0.5) is 5.69 Å². The number of rotatable bonds is 6. The van der Waals surface area contributed by atoms with Gasteiger partial charge in [-0.15, -0.1) is 10.2 Å². The molecule has 2 aromatic carbocycles. The summed E-state index contributed by atoms with van der Waals surface area (Å²) in [4.78, 5) is 12.6. The normalized spacial score (nSPS) is 11.9. The zero-order valence-corrected chi connectivity index (χ0v) is 17.6. The standard InChI is InChI=1S/C20H21ClN4O2S/c1-12-7-5-6-8-15(12)18-23-24-20(25(18)3)28-13(2)19(26)22-14-9-10-17(27-4)16(21)11-14/h5-11,13H,1-4H3,(H,22,26)/t13-/m0/s1. The monoisotopic (exact) mass is 416 g/mol. The van der Waals surface area contributed by atoms with Crippen LogP contribution in [0.25, 0.3) is 11.4 Å². The third kappa shape index (κ3) is 4.31. The summed E-state index contributed by atoms with van der Waals surface area (Å²) in [5, 5.41) is 12.2. The van der Waals surface area contributed by atoms with E-state index in [-0.39, 0.29) is 11.2 Å². The number of methoxy groups -OCH3 is 1. The van der Waals surface area contributed by atoms with E-state index in [1.54, 1.807) is 25.3 Å². The van der Waals surface area contributed by atoms with E-state index >= 15 is 0 Å². The van der Waals surface area contributed by atoms with Gasteiger partial charge in [-0.1, -0.05) is 47.6 Å². The lowest BCUT2D eigenvalue weighted by Crippen LogP contribution is -2.22. The summed E-state index contributed by atoms with van der Waals surface area (Å²) >= 11 is 7.46. The molecule has 8 heteroatoms. The quantitative estimate of drug-likeness (QED) is 0.596. The highest BCUT2D eigenvalue weighted by Crippen LogP contribution is 2.29. The van der Waals surface area contributed by atoms with Crippen LogP contribution in [-0.2, 0) is 11.8 Å². The van der Waals surface area contributed by atoms with Crippen LogP contribution in [0.2, 0.25) is 5.02 Å². The average Bonchev–Trinajstić information content (AvgIpc) is 3.02. The van der Waals surface area contributed by atoms with Crippen LogP contribution in [0, 0.1) is 6.92 Å². The van der Waals surface area contributed by atoms with Crippen molar-refractivity contribution in [3.8, 4) is 17.1 Å². The summed E-state index contributed by atoms with van der Waals surface area (Å²) in [6.45, 7) is 3.86. The molecule has 0 aliphatic carbocycles. The molecule has 0 radical (unpaired) electrons. The summed E-state index contributed by atoms with van der Waals surface area (Å²) in [5.74, 6) is 1.19. The first-order valence-corrected chi connectivity index (χ1v) is 9.93. The minimum Gasteiger partial charge on any atom is -0.495 e. The Hall–Kier alpha value is -2.51. The van der Waals surface area contributed by atoms with E-state index < -0.39 is 0 Å². The SMILES string of the molecule is COc1ccc(NC(=O)[C@H](C)Sc2nnc(-c3ccccc3C)n2C)cc1Cl. The van der Waals surface area contributed by atoms with E-state index in [4.69, 9.17) is 16.3 Å². The Labute approximate surface area is 173 Å². The molecule has 28 heavy (non-hydrogen) atoms. The fraction of sp³-hybridized carbons (Fsp3) is 0.250. The molecule has 1 amide bonds. The highest BCUT2D eigenvalue weighted by molar-refractivity contribution is 8.00. The van der Waals surface area contributed by atoms with Gasteiger partial charge in [0.25, 0.3) is 0 Å². The van der Waals surface area contributed by atoms with E-state index in [0.29, 0.717) is 21.6 Å². The predicted octanol–water partition coefficient (Wildman–Crippen LogP) is 4.57. The Morgan fingerprint density at radius 2 is 2.00 bits per heavy atom. The molecule has 0 aliphatic rings. The van der Waals surface area contributed by atoms with Gasteiger partial charge in [-0.25, -0.2) is 0 Å². The third-order valence-electron chi connectivity index (χ3n) is 4.29. The Morgan fingerprint density at radius 3 is 2.68 bits per heavy atom. The number of nitrogens with zero attached hydrogens (tertiary/aromatic N) is 3. The van der Waals surface area contributed by atoms with E-state index in [1.165, 1.54) is 11.8 Å². The van der Waals surface area contributed by atoms with Gasteiger partial charge in [-0.05, 0) is 37.6 Å². The second-order valence-electron chi connectivity index (χ2n) is 6.28. The summed E-state index contributed by atoms with van der Waals surface area (Å²) in [6.07, 6.45) is 0. The molecule has 0 fully saturated rings. The van der Waals surface area contributed by atoms with Gasteiger partial charge < -0.3 is 14.6 Å². The van der Waals surface area contributed by atoms with Gasteiger partial charge in [0.15, 0.2) is 11.0 Å². The fourth-order valence-electron chi connectivity index (χ4n) is 2.68. The van der Waals surface area contributed by atoms with Crippen molar-refractivity contribution in [3.63, 3.8) is 0 Å². The summed E-state index contributed by atoms with van der Waals surface area (Å²) in [7, 11) is 3.45. The smallest absolute Gasteiger partial charge is 0.237 e. The van der Waals surface area contributed by atoms with E-state index in [9.17, 15) is 4.79 Å². The van der Waals surface area contributed by atoms with Crippen molar-refractivity contribution in [2.24, 2.45) is 7.05 Å². The number of ether oxygens (including phenoxy) is 1. The molecular weight excluding hydrogens is 396 g/mol. The number of benzene rings is 2. The summed E-state index contributed by atoms with van der Waals surface area (Å²) < 4.78 is 7.03. The lowest BCUT2D eigenvalue weighted by atomic mass is 10.1. The Balaban J connectivity index is 1.71. The number of thioether (sulfide) groups is 1. The first-order valence-electron chi connectivity index (χ1n) is 8.67. The molecule has 1 aromatic heterocycles. The number of carbonyl (C=O) groups excluding carboxylic acids is 1. The van der Waals surface area contributed by atoms with Crippen molar-refractivity contribution >= 4 is 35.0 Å². The van der Waals surface area contributed by atoms with Gasteiger partial charge in [0.05, 0.1) is 17.4 Å². The first kappa shape index (κ1) is 20.2. The maximum absolute atomic E-state index is 12.6. The number of aryl methyl sites for hydroxylation is 1. The number of anilines is 1. The molecule has 3 rings (SSSR count). The minimum atomic E-state index is -0.367. The van der Waals surface area contributed by atoms with Crippen LogP contribution in [-0.4, -0.2) is 33.0 Å². The van der Waals surface area contributed by atoms with Crippen LogP contribution in [0.5, 0.6) is 5.75 Å². The first-order chi connectivity index (χ1) is 13.4. The molecular formula is C20H21ClN4O2S. The third-order valence-corrected chi connectivity index (χ3v) is 5.72. The molecule has 0 unspecified atom stereocenters. The highest BCUT2D eigenvalue weighted by Gasteiger charge is 2.20. The van der Waals surface area contributed by atoms with E-state index in [2.05, 4.69) is 15.5 Å². The molecule has 0 saturated heterocycles. The van der Waals surface area contributed by atoms with Crippen molar-refractivity contribution < 1.29 is 9.53 Å². The minimum absolute atomic E-state index is 0.147. The number of nitrogens with one attached hydrogen (secondary N) is 1. The van der Waals surface area contributed by atoms with Crippen LogP contribution < -0.4 is 10.1 Å². The molecule has 0 spiro atoms. The van der Waals surface area contributed by atoms with Crippen molar-refractivity contribution in [2.45, 2.75) is 24.3 Å². The van der Waals surface area contributed by atoms with Gasteiger partial charge in [0.2, 0.25) is 5.91 Å². The Morgan fingerprint density at radius 1 is 1.25 bits per heavy atom. The Kier molecular flexibility index (Phi) is 6.26. The molecule has 0 aliphatic heterocycles. The van der Waals surface area contributed by atoms with Gasteiger partial charge in [0, 0.05) is 18.3 Å². The summed E-state index contributed by atoms with van der Waals surface area (Å²) in [5.41, 5.74) is 2.76. The van der Waals surface area contributed by atoms with Crippen LogP contribution in [0.15, 0.2) is 47.6 Å². The molecule has 3 aromatic rings. The second kappa shape index (κ2) is 8.67. The molecule has 0 bridgehead atoms. The van der Waals surface area contributed by atoms with Gasteiger partial charge in [-0.3, -0.25) is 4.79 Å². The van der Waals surface area contributed by atoms with Crippen LogP contribution in [0.1, 0.15) is 12.5 Å². The largest absolute Gasteiger partial charge is 0.495 e. The number of amides is 1. The number of aromatic nitrogens is 3. The maximum atomic E-state index is 12.6. The lowest BCUT2D eigenvalue weighted by molar-refractivity contribution is -0.115. The average molecular weight is 417 g/mol. The zero-order chi connectivity index (χ0) is 20.3. The van der Waals surface area contributed by atoms with Gasteiger partial charge in [0.1, 0.15) is 5.75 Å². The van der Waals surface area contributed by atoms with Gasteiger partial charge in [-0.2, -0.15) is 0 Å². The summed E-state index contributed by atoms with van der Waals surface area (Å²) in [6, 6.07) is 13.1. The molecule has 6 nitrogen and oxygen atoms in total. The number of carbonyl (C=O) groups is 1. The predicted molar refractivity (Wildman–Crippen MR) is 113 cm³/mol. The van der Waals surface area contributed by atoms with E-state index in [0.717, 1.165) is 17.0 Å². The number of hydrogen-bond acceptors (Lipinski definition) is 5. The molecule has 146 valence electrons. The van der Waals surface area contributed by atoms with Crippen molar-refractivity contribution in [1.82, 2.24) is 14.8 Å². The molecule has 0 saturated carbocycles. The topological polar surface area (TPSA) is 69.0 Å². The van der Waals surface area contributed by atoms with Gasteiger partial charge >= 0.3 is 0 Å². The lowest BCUT2D eigenvalue weighted by Gasteiger charge is -2.13.